The number of benzene rings is 1. The van der Waals surface area contributed by atoms with Gasteiger partial charge in [0.15, 0.2) is 9.54 Å². The van der Waals surface area contributed by atoms with Crippen molar-refractivity contribution in [3.05, 3.63) is 37.6 Å². The molecule has 0 spiro atoms. The summed E-state index contributed by atoms with van der Waals surface area (Å²) in [6, 6.07) is 5.57. The van der Waals surface area contributed by atoms with E-state index >= 15 is 0 Å². The van der Waals surface area contributed by atoms with Crippen molar-refractivity contribution in [3.63, 3.8) is 0 Å². The molecule has 0 amide bonds. The van der Waals surface area contributed by atoms with Gasteiger partial charge in [-0.3, -0.25) is 4.98 Å². The monoisotopic (exact) mass is 264 g/mol. The van der Waals surface area contributed by atoms with Crippen molar-refractivity contribution in [1.29, 1.82) is 0 Å². The number of hydrogen-bond acceptors (Lipinski definition) is 4. The summed E-state index contributed by atoms with van der Waals surface area (Å²) in [4.78, 5) is 17.9. The maximum Gasteiger partial charge on any atom is 0.417 e. The number of aromatic amines is 2. The molecule has 0 aliphatic rings. The molecule has 2 heterocycles. The van der Waals surface area contributed by atoms with Crippen molar-refractivity contribution in [2.24, 2.45) is 0 Å². The lowest BCUT2D eigenvalue weighted by atomic mass is 10.1. The fourth-order valence-electron chi connectivity index (χ4n) is 1.78. The SMILES string of the molecule is Cc1sc(=S)[nH]c1-c1ccc2[nH]c(=O)oc2c1. The van der Waals surface area contributed by atoms with Crippen molar-refractivity contribution < 1.29 is 4.42 Å². The van der Waals surface area contributed by atoms with Gasteiger partial charge in [-0.05, 0) is 31.3 Å². The molecule has 86 valence electrons. The van der Waals surface area contributed by atoms with Crippen LogP contribution in [-0.2, 0) is 0 Å². The van der Waals surface area contributed by atoms with Crippen LogP contribution in [0.25, 0.3) is 22.4 Å². The highest BCUT2D eigenvalue weighted by Gasteiger charge is 2.08. The number of fused-ring (bicyclic) bond motifs is 1. The third kappa shape index (κ3) is 1.75. The summed E-state index contributed by atoms with van der Waals surface area (Å²) in [5, 5.41) is 0. The molecule has 0 atom stereocenters. The summed E-state index contributed by atoms with van der Waals surface area (Å²) in [5.41, 5.74) is 3.19. The lowest BCUT2D eigenvalue weighted by Crippen LogP contribution is -1.92. The summed E-state index contributed by atoms with van der Waals surface area (Å²) < 4.78 is 5.77. The molecule has 0 aliphatic carbocycles. The van der Waals surface area contributed by atoms with E-state index in [9.17, 15) is 4.79 Å². The van der Waals surface area contributed by atoms with Gasteiger partial charge in [0, 0.05) is 10.4 Å². The van der Waals surface area contributed by atoms with E-state index in [2.05, 4.69) is 9.97 Å². The Balaban J connectivity index is 2.27. The largest absolute Gasteiger partial charge is 0.417 e. The second-order valence-electron chi connectivity index (χ2n) is 3.67. The van der Waals surface area contributed by atoms with Crippen LogP contribution in [0.15, 0.2) is 27.4 Å². The van der Waals surface area contributed by atoms with E-state index in [-0.39, 0.29) is 0 Å². The maximum atomic E-state index is 11.1. The van der Waals surface area contributed by atoms with Crippen molar-refractivity contribution in [2.45, 2.75) is 6.92 Å². The van der Waals surface area contributed by atoms with Crippen molar-refractivity contribution in [2.75, 3.05) is 0 Å². The van der Waals surface area contributed by atoms with Gasteiger partial charge in [0.2, 0.25) is 0 Å². The minimum Gasteiger partial charge on any atom is -0.408 e. The van der Waals surface area contributed by atoms with Crippen LogP contribution < -0.4 is 5.76 Å². The number of oxazole rings is 1. The van der Waals surface area contributed by atoms with E-state index in [1.54, 1.807) is 0 Å². The molecule has 2 N–H and O–H groups in total. The van der Waals surface area contributed by atoms with Gasteiger partial charge in [-0.2, -0.15) is 0 Å². The summed E-state index contributed by atoms with van der Waals surface area (Å²) in [5.74, 6) is -0.438. The highest BCUT2D eigenvalue weighted by atomic mass is 32.1. The van der Waals surface area contributed by atoms with Gasteiger partial charge in [0.25, 0.3) is 0 Å². The molecule has 0 aliphatic heterocycles. The van der Waals surface area contributed by atoms with Crippen LogP contribution in [0.4, 0.5) is 0 Å². The second kappa shape index (κ2) is 3.68. The van der Waals surface area contributed by atoms with Gasteiger partial charge in [0.05, 0.1) is 11.2 Å². The molecule has 4 nitrogen and oxygen atoms in total. The van der Waals surface area contributed by atoms with Crippen LogP contribution in [0.5, 0.6) is 0 Å². The van der Waals surface area contributed by atoms with E-state index in [0.717, 1.165) is 20.1 Å². The minimum atomic E-state index is -0.438. The standard InChI is InChI=1S/C11H8N2O2S2/c1-5-9(13-11(16)17-5)6-2-3-7-8(4-6)15-10(14)12-7/h2-4H,1H3,(H,12,14)(H,13,16). The smallest absolute Gasteiger partial charge is 0.408 e. The Bertz CT molecular complexity index is 807. The number of hydrogen-bond donors (Lipinski definition) is 2. The van der Waals surface area contributed by atoms with Gasteiger partial charge in [-0.25, -0.2) is 4.79 Å². The summed E-state index contributed by atoms with van der Waals surface area (Å²) in [6.45, 7) is 2.00. The third-order valence-electron chi connectivity index (χ3n) is 2.53. The average Bonchev–Trinajstić information content (AvgIpc) is 2.78. The Morgan fingerprint density at radius 3 is 2.88 bits per heavy atom. The van der Waals surface area contributed by atoms with Crippen LogP contribution >= 0.6 is 23.6 Å². The van der Waals surface area contributed by atoms with Gasteiger partial charge in [0.1, 0.15) is 0 Å². The number of H-pyrrole nitrogens is 2. The Morgan fingerprint density at radius 1 is 1.35 bits per heavy atom. The van der Waals surface area contributed by atoms with Crippen molar-refractivity contribution in [1.82, 2.24) is 9.97 Å². The predicted molar refractivity (Wildman–Crippen MR) is 70.1 cm³/mol. The zero-order valence-corrected chi connectivity index (χ0v) is 10.5. The molecule has 1 aromatic carbocycles. The van der Waals surface area contributed by atoms with Gasteiger partial charge >= 0.3 is 5.76 Å². The van der Waals surface area contributed by atoms with E-state index in [4.69, 9.17) is 16.6 Å². The molecule has 0 fully saturated rings. The lowest BCUT2D eigenvalue weighted by Gasteiger charge is -1.98. The summed E-state index contributed by atoms with van der Waals surface area (Å²) in [6.07, 6.45) is 0. The van der Waals surface area contributed by atoms with Crippen molar-refractivity contribution in [3.8, 4) is 11.3 Å². The van der Waals surface area contributed by atoms with E-state index in [0.29, 0.717) is 11.1 Å². The van der Waals surface area contributed by atoms with Gasteiger partial charge < -0.3 is 9.40 Å². The molecule has 0 saturated heterocycles. The van der Waals surface area contributed by atoms with Crippen molar-refractivity contribution >= 4 is 34.7 Å². The molecule has 0 radical (unpaired) electrons. The molecule has 3 aromatic rings. The van der Waals surface area contributed by atoms with E-state index < -0.39 is 5.76 Å². The first-order valence-corrected chi connectivity index (χ1v) is 6.19. The van der Waals surface area contributed by atoms with Gasteiger partial charge in [-0.1, -0.05) is 6.07 Å². The van der Waals surface area contributed by atoms with Crippen LogP contribution in [0.3, 0.4) is 0 Å². The summed E-state index contributed by atoms with van der Waals surface area (Å²) >= 11 is 6.64. The Hall–Kier alpha value is -1.66. The molecule has 3 rings (SSSR count). The number of aryl methyl sites for hydroxylation is 1. The first kappa shape index (κ1) is 10.5. The Labute approximate surface area is 105 Å². The minimum absolute atomic E-state index is 0.438. The predicted octanol–water partition coefficient (Wildman–Crippen LogP) is 3.22. The van der Waals surface area contributed by atoms with Crippen LogP contribution in [0.2, 0.25) is 0 Å². The fraction of sp³-hybridized carbons (Fsp3) is 0.0909. The number of aromatic nitrogens is 2. The molecule has 2 aromatic heterocycles. The number of rotatable bonds is 1. The topological polar surface area (TPSA) is 61.8 Å². The summed E-state index contributed by atoms with van der Waals surface area (Å²) in [7, 11) is 0. The highest BCUT2D eigenvalue weighted by molar-refractivity contribution is 7.73. The fourth-order valence-corrected chi connectivity index (χ4v) is 2.96. The maximum absolute atomic E-state index is 11.1. The molecular formula is C11H8N2O2S2. The number of nitrogens with one attached hydrogen (secondary N) is 2. The first-order valence-electron chi connectivity index (χ1n) is 4.96. The van der Waals surface area contributed by atoms with E-state index in [1.165, 1.54) is 11.3 Å². The molecule has 17 heavy (non-hydrogen) atoms. The Morgan fingerprint density at radius 2 is 2.18 bits per heavy atom. The molecule has 0 saturated carbocycles. The average molecular weight is 264 g/mol. The zero-order chi connectivity index (χ0) is 12.0. The highest BCUT2D eigenvalue weighted by Crippen LogP contribution is 2.27. The molecule has 0 bridgehead atoms. The third-order valence-corrected chi connectivity index (χ3v) is 3.68. The van der Waals surface area contributed by atoms with Crippen LogP contribution in [-0.4, -0.2) is 9.97 Å². The van der Waals surface area contributed by atoms with Crippen LogP contribution in [0, 0.1) is 10.9 Å². The van der Waals surface area contributed by atoms with Gasteiger partial charge in [-0.15, -0.1) is 11.3 Å². The quantitative estimate of drug-likeness (QED) is 0.663. The molecule has 0 unspecified atom stereocenters. The zero-order valence-electron chi connectivity index (χ0n) is 8.87. The normalized spacial score (nSPS) is 11.1. The first-order chi connectivity index (χ1) is 8.13. The molecule has 6 heteroatoms. The van der Waals surface area contributed by atoms with E-state index in [1.807, 2.05) is 25.1 Å². The molecular weight excluding hydrogens is 256 g/mol. The second-order valence-corrected chi connectivity index (χ2v) is 5.56. The lowest BCUT2D eigenvalue weighted by molar-refractivity contribution is 0.555. The Kier molecular flexibility index (Phi) is 2.27. The number of thiazole rings is 1. The van der Waals surface area contributed by atoms with Crippen LogP contribution in [0.1, 0.15) is 4.88 Å².